The van der Waals surface area contributed by atoms with Crippen LogP contribution in [0.25, 0.3) is 0 Å². The summed E-state index contributed by atoms with van der Waals surface area (Å²) in [6.07, 6.45) is 2.06. The molecule has 0 radical (unpaired) electrons. The monoisotopic (exact) mass is 201 g/mol. The lowest BCUT2D eigenvalue weighted by molar-refractivity contribution is -0.0543. The third kappa shape index (κ3) is 1.08. The van der Waals surface area contributed by atoms with Crippen LogP contribution in [0.2, 0.25) is 0 Å². The second-order valence-electron chi connectivity index (χ2n) is 4.75. The molecule has 0 fully saturated rings. The van der Waals surface area contributed by atoms with Crippen molar-refractivity contribution in [2.45, 2.75) is 32.3 Å². The average molecular weight is 201 g/mol. The van der Waals surface area contributed by atoms with Gasteiger partial charge in [0.15, 0.2) is 5.60 Å². The van der Waals surface area contributed by atoms with E-state index >= 15 is 0 Å². The van der Waals surface area contributed by atoms with Crippen molar-refractivity contribution in [1.82, 2.24) is 0 Å². The van der Waals surface area contributed by atoms with Crippen molar-refractivity contribution >= 4 is 5.71 Å². The standard InChI is InChI=1S/C13H15NO/c1-9-7-11-5-3-4-6-12(11)13(9)8-10(2)14-15-13/h3-6,9H,7-8H2,1-2H3/t9?,13-/m0/s1. The van der Waals surface area contributed by atoms with Gasteiger partial charge in [0, 0.05) is 17.9 Å². The Morgan fingerprint density at radius 1 is 1.40 bits per heavy atom. The summed E-state index contributed by atoms with van der Waals surface area (Å²) in [6.45, 7) is 4.30. The molecule has 0 saturated carbocycles. The van der Waals surface area contributed by atoms with Gasteiger partial charge in [-0.15, -0.1) is 0 Å². The van der Waals surface area contributed by atoms with E-state index < -0.39 is 0 Å². The lowest BCUT2D eigenvalue weighted by Gasteiger charge is -2.27. The number of hydrogen-bond acceptors (Lipinski definition) is 2. The molecule has 0 aromatic heterocycles. The summed E-state index contributed by atoms with van der Waals surface area (Å²) in [7, 11) is 0. The Hall–Kier alpha value is -1.31. The predicted octanol–water partition coefficient (Wildman–Crippen LogP) is 2.87. The van der Waals surface area contributed by atoms with E-state index in [9.17, 15) is 0 Å². The molecule has 1 aliphatic heterocycles. The SMILES string of the molecule is CC1=NO[C@]2(C1)c1ccccc1CC2C. The van der Waals surface area contributed by atoms with E-state index in [2.05, 4.69) is 36.3 Å². The number of benzene rings is 1. The topological polar surface area (TPSA) is 21.6 Å². The predicted molar refractivity (Wildman–Crippen MR) is 59.8 cm³/mol. The van der Waals surface area contributed by atoms with Crippen LogP contribution in [0.15, 0.2) is 29.4 Å². The summed E-state index contributed by atoms with van der Waals surface area (Å²) < 4.78 is 0. The number of fused-ring (bicyclic) bond motifs is 2. The fourth-order valence-electron chi connectivity index (χ4n) is 2.88. The summed E-state index contributed by atoms with van der Waals surface area (Å²) in [5.41, 5.74) is 3.73. The maximum Gasteiger partial charge on any atom is 0.171 e. The largest absolute Gasteiger partial charge is 0.384 e. The lowest BCUT2D eigenvalue weighted by Crippen LogP contribution is -2.29. The molecule has 1 heterocycles. The number of hydrogen-bond donors (Lipinski definition) is 0. The zero-order valence-electron chi connectivity index (χ0n) is 9.16. The number of oxime groups is 1. The highest BCUT2D eigenvalue weighted by atomic mass is 16.7. The molecule has 78 valence electrons. The Balaban J connectivity index is 2.11. The molecule has 15 heavy (non-hydrogen) atoms. The van der Waals surface area contributed by atoms with Gasteiger partial charge in [-0.05, 0) is 18.9 Å². The first-order valence-electron chi connectivity index (χ1n) is 5.52. The highest BCUT2D eigenvalue weighted by molar-refractivity contribution is 5.84. The molecule has 2 heteroatoms. The van der Waals surface area contributed by atoms with E-state index in [0.29, 0.717) is 5.92 Å². The molecule has 0 saturated heterocycles. The van der Waals surface area contributed by atoms with Gasteiger partial charge in [0.05, 0.1) is 5.71 Å². The van der Waals surface area contributed by atoms with Gasteiger partial charge in [0.25, 0.3) is 0 Å². The zero-order chi connectivity index (χ0) is 10.5. The normalized spacial score (nSPS) is 32.7. The van der Waals surface area contributed by atoms with Crippen molar-refractivity contribution in [1.29, 1.82) is 0 Å². The van der Waals surface area contributed by atoms with Gasteiger partial charge in [0.1, 0.15) is 0 Å². The number of nitrogens with zero attached hydrogens (tertiary/aromatic N) is 1. The fourth-order valence-corrected chi connectivity index (χ4v) is 2.88. The molecular weight excluding hydrogens is 186 g/mol. The van der Waals surface area contributed by atoms with Crippen LogP contribution in [-0.4, -0.2) is 5.71 Å². The van der Waals surface area contributed by atoms with E-state index in [1.165, 1.54) is 11.1 Å². The molecule has 2 atom stereocenters. The van der Waals surface area contributed by atoms with Gasteiger partial charge >= 0.3 is 0 Å². The molecule has 2 nitrogen and oxygen atoms in total. The third-order valence-corrected chi connectivity index (χ3v) is 3.68. The molecule has 0 bridgehead atoms. The van der Waals surface area contributed by atoms with Crippen LogP contribution in [0.1, 0.15) is 31.4 Å². The Kier molecular flexibility index (Phi) is 1.70. The highest BCUT2D eigenvalue weighted by Gasteiger charge is 2.49. The van der Waals surface area contributed by atoms with Crippen molar-refractivity contribution in [2.75, 3.05) is 0 Å². The van der Waals surface area contributed by atoms with Crippen LogP contribution < -0.4 is 0 Å². The third-order valence-electron chi connectivity index (χ3n) is 3.68. The smallest absolute Gasteiger partial charge is 0.171 e. The summed E-state index contributed by atoms with van der Waals surface area (Å²) in [6, 6.07) is 8.59. The molecule has 3 rings (SSSR count). The van der Waals surface area contributed by atoms with Gasteiger partial charge in [0.2, 0.25) is 0 Å². The summed E-state index contributed by atoms with van der Waals surface area (Å²) in [5, 5.41) is 4.14. The molecular formula is C13H15NO. The second-order valence-corrected chi connectivity index (χ2v) is 4.75. The first kappa shape index (κ1) is 8.96. The van der Waals surface area contributed by atoms with Crippen LogP contribution in [0, 0.1) is 5.92 Å². The maximum absolute atomic E-state index is 5.74. The van der Waals surface area contributed by atoms with Crippen LogP contribution in [0.4, 0.5) is 0 Å². The zero-order valence-corrected chi connectivity index (χ0v) is 9.16. The van der Waals surface area contributed by atoms with Gasteiger partial charge in [-0.25, -0.2) is 0 Å². The van der Waals surface area contributed by atoms with Crippen LogP contribution in [0.3, 0.4) is 0 Å². The first-order chi connectivity index (χ1) is 7.22. The van der Waals surface area contributed by atoms with Crippen molar-refractivity contribution < 1.29 is 4.84 Å². The van der Waals surface area contributed by atoms with E-state index in [4.69, 9.17) is 4.84 Å². The Labute approximate surface area is 89.9 Å². The van der Waals surface area contributed by atoms with Crippen LogP contribution in [0.5, 0.6) is 0 Å². The first-order valence-corrected chi connectivity index (χ1v) is 5.52. The average Bonchev–Trinajstić information content (AvgIpc) is 2.73. The molecule has 0 amide bonds. The van der Waals surface area contributed by atoms with Gasteiger partial charge in [-0.1, -0.05) is 36.3 Å². The Morgan fingerprint density at radius 3 is 2.93 bits per heavy atom. The van der Waals surface area contributed by atoms with E-state index in [-0.39, 0.29) is 5.60 Å². The van der Waals surface area contributed by atoms with Crippen molar-refractivity contribution in [3.8, 4) is 0 Å². The molecule has 1 aromatic carbocycles. The van der Waals surface area contributed by atoms with E-state index in [1.807, 2.05) is 6.92 Å². The minimum atomic E-state index is -0.152. The van der Waals surface area contributed by atoms with Gasteiger partial charge in [-0.2, -0.15) is 0 Å². The van der Waals surface area contributed by atoms with Crippen molar-refractivity contribution in [3.05, 3.63) is 35.4 Å². The summed E-state index contributed by atoms with van der Waals surface area (Å²) in [5.74, 6) is 0.524. The highest BCUT2D eigenvalue weighted by Crippen LogP contribution is 2.49. The Morgan fingerprint density at radius 2 is 2.20 bits per heavy atom. The molecule has 0 N–H and O–H groups in total. The van der Waals surface area contributed by atoms with Crippen molar-refractivity contribution in [3.63, 3.8) is 0 Å². The number of rotatable bonds is 0. The molecule has 2 aliphatic rings. The van der Waals surface area contributed by atoms with Crippen LogP contribution >= 0.6 is 0 Å². The summed E-state index contributed by atoms with van der Waals surface area (Å²) in [4.78, 5) is 5.74. The maximum atomic E-state index is 5.74. The van der Waals surface area contributed by atoms with Crippen LogP contribution in [-0.2, 0) is 16.9 Å². The minimum absolute atomic E-state index is 0.152. The van der Waals surface area contributed by atoms with Crippen molar-refractivity contribution in [2.24, 2.45) is 11.1 Å². The quantitative estimate of drug-likeness (QED) is 0.632. The molecule has 1 aliphatic carbocycles. The molecule has 1 aromatic rings. The van der Waals surface area contributed by atoms with Gasteiger partial charge < -0.3 is 4.84 Å². The summed E-state index contributed by atoms with van der Waals surface area (Å²) >= 11 is 0. The Bertz CT molecular complexity index is 438. The lowest BCUT2D eigenvalue weighted by atomic mass is 9.84. The van der Waals surface area contributed by atoms with E-state index in [1.54, 1.807) is 0 Å². The van der Waals surface area contributed by atoms with Gasteiger partial charge in [-0.3, -0.25) is 0 Å². The minimum Gasteiger partial charge on any atom is -0.384 e. The second kappa shape index (κ2) is 2.84. The fraction of sp³-hybridized carbons (Fsp3) is 0.462. The molecule has 1 unspecified atom stereocenters. The molecule has 1 spiro atoms. The van der Waals surface area contributed by atoms with E-state index in [0.717, 1.165) is 18.6 Å².